The summed E-state index contributed by atoms with van der Waals surface area (Å²) in [6.07, 6.45) is 5.64. The lowest BCUT2D eigenvalue weighted by Crippen LogP contribution is -1.99. The summed E-state index contributed by atoms with van der Waals surface area (Å²) in [4.78, 5) is 9.00. The van der Waals surface area contributed by atoms with Gasteiger partial charge in [-0.15, -0.1) is 10.2 Å². The Bertz CT molecular complexity index is 900. The number of aryl methyl sites for hydroxylation is 1. The van der Waals surface area contributed by atoms with Gasteiger partial charge in [0, 0.05) is 36.8 Å². The van der Waals surface area contributed by atoms with E-state index < -0.39 is 0 Å². The number of hydrogen-bond acceptors (Lipinski definition) is 8. The van der Waals surface area contributed by atoms with E-state index >= 15 is 0 Å². The third-order valence-corrected chi connectivity index (χ3v) is 4.31. The van der Waals surface area contributed by atoms with Crippen LogP contribution < -0.4 is 10.6 Å². The van der Waals surface area contributed by atoms with Crippen LogP contribution in [0.5, 0.6) is 0 Å². The van der Waals surface area contributed by atoms with E-state index in [1.54, 1.807) is 19.4 Å². The van der Waals surface area contributed by atoms with Crippen LogP contribution in [0, 0.1) is 5.41 Å². The third kappa shape index (κ3) is 3.38. The van der Waals surface area contributed by atoms with E-state index in [0.29, 0.717) is 5.82 Å². The third-order valence-electron chi connectivity index (χ3n) is 3.33. The van der Waals surface area contributed by atoms with Crippen LogP contribution in [0.2, 0.25) is 0 Å². The second-order valence-electron chi connectivity index (χ2n) is 4.97. The summed E-state index contributed by atoms with van der Waals surface area (Å²) in [6, 6.07) is 5.68. The Labute approximate surface area is 143 Å². The second kappa shape index (κ2) is 7.14. The summed E-state index contributed by atoms with van der Waals surface area (Å²) in [5.74, 6) is 0.689. The zero-order valence-corrected chi connectivity index (χ0v) is 14.2. The summed E-state index contributed by atoms with van der Waals surface area (Å²) in [5.41, 5.74) is 3.12. The molecule has 122 valence electrons. The Kier molecular flexibility index (Phi) is 4.76. The lowest BCUT2D eigenvalue weighted by atomic mass is 10.1. The second-order valence-corrected chi connectivity index (χ2v) is 6.03. The zero-order chi connectivity index (χ0) is 16.9. The molecule has 0 spiro atoms. The molecule has 3 aromatic rings. The lowest BCUT2D eigenvalue weighted by molar-refractivity contribution is 0.985. The Balaban J connectivity index is 1.93. The van der Waals surface area contributed by atoms with Crippen molar-refractivity contribution in [3.63, 3.8) is 0 Å². The van der Waals surface area contributed by atoms with Crippen molar-refractivity contribution in [2.45, 2.75) is 13.3 Å². The Hall–Kier alpha value is -2.87. The summed E-state index contributed by atoms with van der Waals surface area (Å²) in [5, 5.41) is 23.5. The number of nitrogens with one attached hydrogen (secondary N) is 3. The Morgan fingerprint density at radius 2 is 2.17 bits per heavy atom. The van der Waals surface area contributed by atoms with Crippen LogP contribution in [-0.2, 0) is 6.42 Å². The molecule has 3 heterocycles. The van der Waals surface area contributed by atoms with E-state index in [1.807, 2.05) is 25.1 Å². The van der Waals surface area contributed by atoms with Crippen molar-refractivity contribution < 1.29 is 0 Å². The quantitative estimate of drug-likeness (QED) is 0.597. The molecule has 8 heteroatoms. The first kappa shape index (κ1) is 16.0. The highest BCUT2D eigenvalue weighted by atomic mass is 32.1. The number of allylic oxidation sites excluding steroid dienone is 1. The Morgan fingerprint density at radius 1 is 1.29 bits per heavy atom. The molecule has 3 rings (SSSR count). The monoisotopic (exact) mass is 339 g/mol. The smallest absolute Gasteiger partial charge is 0.211 e. The molecule has 0 aliphatic heterocycles. The van der Waals surface area contributed by atoms with Crippen LogP contribution in [0.4, 0.5) is 10.9 Å². The molecule has 0 saturated heterocycles. The highest BCUT2D eigenvalue weighted by Crippen LogP contribution is 2.22. The maximum Gasteiger partial charge on any atom is 0.211 e. The molecule has 3 N–H and O–H groups in total. The van der Waals surface area contributed by atoms with E-state index in [1.165, 1.54) is 17.6 Å². The van der Waals surface area contributed by atoms with E-state index in [0.717, 1.165) is 38.7 Å². The van der Waals surface area contributed by atoms with Gasteiger partial charge in [0.25, 0.3) is 0 Å². The fourth-order valence-electron chi connectivity index (χ4n) is 2.15. The normalized spacial score (nSPS) is 11.5. The SMILES string of the molecule is CCc1nnc(Nc2ccc3ncc(/C(C=N)=C/NC)cc3n2)s1. The van der Waals surface area contributed by atoms with Gasteiger partial charge in [-0.3, -0.25) is 4.98 Å². The molecule has 0 atom stereocenters. The number of nitrogens with zero attached hydrogens (tertiary/aromatic N) is 4. The van der Waals surface area contributed by atoms with E-state index in [9.17, 15) is 0 Å². The number of hydrogen-bond donors (Lipinski definition) is 3. The number of pyridine rings is 2. The first-order valence-electron chi connectivity index (χ1n) is 7.48. The van der Waals surface area contributed by atoms with Gasteiger partial charge >= 0.3 is 0 Å². The van der Waals surface area contributed by atoms with Crippen LogP contribution in [-0.4, -0.2) is 33.4 Å². The summed E-state index contributed by atoms with van der Waals surface area (Å²) in [7, 11) is 1.80. The van der Waals surface area contributed by atoms with Gasteiger partial charge in [-0.25, -0.2) is 4.98 Å². The maximum absolute atomic E-state index is 7.51. The topological polar surface area (TPSA) is 99.5 Å². The van der Waals surface area contributed by atoms with Gasteiger partial charge in [0.1, 0.15) is 10.8 Å². The van der Waals surface area contributed by atoms with Crippen LogP contribution in [0.25, 0.3) is 16.6 Å². The fourth-order valence-corrected chi connectivity index (χ4v) is 2.84. The van der Waals surface area contributed by atoms with Crippen molar-refractivity contribution in [3.05, 3.63) is 41.2 Å². The van der Waals surface area contributed by atoms with Gasteiger partial charge in [0.2, 0.25) is 5.13 Å². The van der Waals surface area contributed by atoms with Crippen LogP contribution in [0.1, 0.15) is 17.5 Å². The van der Waals surface area contributed by atoms with Crippen molar-refractivity contribution in [1.29, 1.82) is 5.41 Å². The average molecular weight is 339 g/mol. The number of anilines is 2. The minimum atomic E-state index is 0.689. The molecule has 0 saturated carbocycles. The van der Waals surface area contributed by atoms with Crippen molar-refractivity contribution in [3.8, 4) is 0 Å². The van der Waals surface area contributed by atoms with Crippen molar-refractivity contribution in [2.24, 2.45) is 0 Å². The first-order valence-corrected chi connectivity index (χ1v) is 8.29. The van der Waals surface area contributed by atoms with Gasteiger partial charge in [-0.2, -0.15) is 0 Å². The molecule has 0 amide bonds. The van der Waals surface area contributed by atoms with E-state index in [4.69, 9.17) is 5.41 Å². The van der Waals surface area contributed by atoms with Gasteiger partial charge in [0.15, 0.2) is 0 Å². The summed E-state index contributed by atoms with van der Waals surface area (Å²) < 4.78 is 0. The number of fused-ring (bicyclic) bond motifs is 1. The molecule has 24 heavy (non-hydrogen) atoms. The largest absolute Gasteiger partial charge is 0.393 e. The highest BCUT2D eigenvalue weighted by molar-refractivity contribution is 7.15. The predicted molar refractivity (Wildman–Crippen MR) is 97.9 cm³/mol. The minimum Gasteiger partial charge on any atom is -0.393 e. The van der Waals surface area contributed by atoms with Gasteiger partial charge in [0.05, 0.1) is 11.0 Å². The molecule has 0 radical (unpaired) electrons. The van der Waals surface area contributed by atoms with Crippen molar-refractivity contribution >= 4 is 45.1 Å². The molecule has 0 unspecified atom stereocenters. The van der Waals surface area contributed by atoms with Crippen LogP contribution in [0.15, 0.2) is 30.6 Å². The number of aromatic nitrogens is 4. The van der Waals surface area contributed by atoms with Crippen molar-refractivity contribution in [2.75, 3.05) is 12.4 Å². The average Bonchev–Trinajstić information content (AvgIpc) is 3.06. The van der Waals surface area contributed by atoms with Gasteiger partial charge in [-0.05, 0) is 24.6 Å². The molecule has 0 fully saturated rings. The first-order chi connectivity index (χ1) is 11.7. The van der Waals surface area contributed by atoms with Gasteiger partial charge in [-0.1, -0.05) is 18.3 Å². The fraction of sp³-hybridized carbons (Fsp3) is 0.188. The molecule has 7 nitrogen and oxygen atoms in total. The van der Waals surface area contributed by atoms with E-state index in [2.05, 4.69) is 30.8 Å². The zero-order valence-electron chi connectivity index (χ0n) is 13.4. The standard InChI is InChI=1S/C16H17N7S/c1-3-15-22-23-16(24-15)21-14-5-4-12-13(20-14)6-10(9-19-12)11(7-17)8-18-2/h4-9,17-18H,3H2,1-2H3,(H,20,21,23)/b11-8+,17-7?. The lowest BCUT2D eigenvalue weighted by Gasteiger charge is -2.06. The molecule has 0 aliphatic carbocycles. The van der Waals surface area contributed by atoms with Crippen molar-refractivity contribution in [1.82, 2.24) is 25.5 Å². The minimum absolute atomic E-state index is 0.689. The predicted octanol–water partition coefficient (Wildman–Crippen LogP) is 3.00. The molecule has 0 aromatic carbocycles. The Morgan fingerprint density at radius 3 is 2.88 bits per heavy atom. The summed E-state index contributed by atoms with van der Waals surface area (Å²) in [6.45, 7) is 2.05. The number of rotatable bonds is 6. The molecular weight excluding hydrogens is 322 g/mol. The molecule has 3 aromatic heterocycles. The van der Waals surface area contributed by atoms with Gasteiger partial charge < -0.3 is 16.0 Å². The molecule has 0 aliphatic rings. The maximum atomic E-state index is 7.51. The summed E-state index contributed by atoms with van der Waals surface area (Å²) >= 11 is 1.52. The molecular formula is C16H17N7S. The van der Waals surface area contributed by atoms with Crippen LogP contribution in [0.3, 0.4) is 0 Å². The highest BCUT2D eigenvalue weighted by Gasteiger charge is 2.07. The van der Waals surface area contributed by atoms with E-state index in [-0.39, 0.29) is 0 Å². The van der Waals surface area contributed by atoms with Crippen LogP contribution >= 0.6 is 11.3 Å². The molecule has 0 bridgehead atoms.